The molecule has 0 radical (unpaired) electrons. The summed E-state index contributed by atoms with van der Waals surface area (Å²) in [6.07, 6.45) is 0.277. The van der Waals surface area contributed by atoms with E-state index in [9.17, 15) is 13.2 Å². The molecule has 1 heterocycles. The molecule has 3 aromatic carbocycles. The average Bonchev–Trinajstić information content (AvgIpc) is 3.18. The largest absolute Gasteiger partial charge is 0.489 e. The number of benzene rings is 3. The zero-order valence-electron chi connectivity index (χ0n) is 17.4. The van der Waals surface area contributed by atoms with E-state index in [1.54, 1.807) is 47.4 Å². The molecule has 4 rings (SSSR count). The molecule has 1 amide bonds. The van der Waals surface area contributed by atoms with Gasteiger partial charge in [0, 0.05) is 29.6 Å². The second kappa shape index (κ2) is 9.24. The lowest BCUT2D eigenvalue weighted by Crippen LogP contribution is -2.24. The quantitative estimate of drug-likeness (QED) is 0.572. The number of nitrogens with two attached hydrogens (primary N) is 1. The Morgan fingerprint density at radius 2 is 1.88 bits per heavy atom. The summed E-state index contributed by atoms with van der Waals surface area (Å²) in [4.78, 5) is 14.4. The number of hydrogen-bond acceptors (Lipinski definition) is 5. The molecule has 3 aromatic rings. The lowest BCUT2D eigenvalue weighted by molar-refractivity contribution is -0.117. The average molecular weight is 482 g/mol. The van der Waals surface area contributed by atoms with Crippen LogP contribution in [0.4, 0.5) is 5.69 Å². The van der Waals surface area contributed by atoms with E-state index in [0.29, 0.717) is 28.6 Å². The van der Waals surface area contributed by atoms with E-state index in [-0.39, 0.29) is 29.7 Å². The minimum absolute atomic E-state index is 0.0108. The maximum atomic E-state index is 12.8. The number of rotatable bonds is 6. The first-order chi connectivity index (χ1) is 15.7. The Labute approximate surface area is 197 Å². The number of amides is 1. The van der Waals surface area contributed by atoms with Crippen molar-refractivity contribution in [3.05, 3.63) is 88.4 Å². The van der Waals surface area contributed by atoms with Crippen LogP contribution in [-0.4, -0.2) is 20.9 Å². The summed E-state index contributed by atoms with van der Waals surface area (Å²) in [5.41, 5.74) is 2.85. The molecule has 1 atom stereocenters. The topological polar surface area (TPSA) is 113 Å². The Morgan fingerprint density at radius 1 is 1.12 bits per heavy atom. The van der Waals surface area contributed by atoms with Gasteiger partial charge in [0.1, 0.15) is 12.4 Å². The third-order valence-corrected chi connectivity index (χ3v) is 6.63. The Hall–Kier alpha value is -3.38. The number of sulfonamides is 1. The third kappa shape index (κ3) is 5.17. The molecule has 33 heavy (non-hydrogen) atoms. The van der Waals surface area contributed by atoms with E-state index in [1.807, 2.05) is 12.1 Å². The van der Waals surface area contributed by atoms with Gasteiger partial charge in [0.25, 0.3) is 0 Å². The van der Waals surface area contributed by atoms with Gasteiger partial charge in [-0.3, -0.25) is 4.79 Å². The summed E-state index contributed by atoms with van der Waals surface area (Å²) >= 11 is 6.20. The summed E-state index contributed by atoms with van der Waals surface area (Å²) in [6.45, 7) is 0.664. The molecule has 7 nitrogen and oxygen atoms in total. The highest BCUT2D eigenvalue weighted by Gasteiger charge is 2.33. The molecule has 0 bridgehead atoms. The van der Waals surface area contributed by atoms with Gasteiger partial charge in [-0.2, -0.15) is 5.26 Å². The number of carbonyl (C=O) groups is 1. The Kier molecular flexibility index (Phi) is 6.38. The zero-order chi connectivity index (χ0) is 23.6. The van der Waals surface area contributed by atoms with E-state index in [0.717, 1.165) is 11.1 Å². The zero-order valence-corrected chi connectivity index (χ0v) is 19.0. The van der Waals surface area contributed by atoms with E-state index in [2.05, 4.69) is 6.07 Å². The number of ether oxygens (including phenoxy) is 1. The first-order valence-electron chi connectivity index (χ1n) is 10.1. The number of nitriles is 1. The lowest BCUT2D eigenvalue weighted by Gasteiger charge is -2.19. The van der Waals surface area contributed by atoms with Crippen LogP contribution < -0.4 is 14.8 Å². The first kappa shape index (κ1) is 22.8. The van der Waals surface area contributed by atoms with Crippen LogP contribution in [0.15, 0.2) is 71.6 Å². The number of hydrogen-bond donors (Lipinski definition) is 1. The fourth-order valence-electron chi connectivity index (χ4n) is 3.84. The van der Waals surface area contributed by atoms with Crippen molar-refractivity contribution < 1.29 is 17.9 Å². The number of anilines is 1. The fourth-order valence-corrected chi connectivity index (χ4v) is 4.52. The summed E-state index contributed by atoms with van der Waals surface area (Å²) in [5, 5.41) is 14.8. The van der Waals surface area contributed by atoms with Crippen LogP contribution in [-0.2, 0) is 21.4 Å². The van der Waals surface area contributed by atoms with Gasteiger partial charge >= 0.3 is 0 Å². The van der Waals surface area contributed by atoms with Crippen LogP contribution in [0.2, 0.25) is 5.02 Å². The van der Waals surface area contributed by atoms with Crippen LogP contribution in [0, 0.1) is 11.3 Å². The summed E-state index contributed by atoms with van der Waals surface area (Å²) in [6, 6.07) is 20.5. The van der Waals surface area contributed by atoms with Gasteiger partial charge in [0.05, 0.1) is 16.5 Å². The van der Waals surface area contributed by atoms with Gasteiger partial charge in [-0.05, 0) is 59.7 Å². The molecule has 0 unspecified atom stereocenters. The molecule has 0 aliphatic carbocycles. The normalized spacial score (nSPS) is 16.0. The molecule has 1 fully saturated rings. The second-order valence-electron chi connectivity index (χ2n) is 7.73. The second-order valence-corrected chi connectivity index (χ2v) is 9.73. The smallest absolute Gasteiger partial charge is 0.238 e. The minimum Gasteiger partial charge on any atom is -0.489 e. The predicted molar refractivity (Wildman–Crippen MR) is 124 cm³/mol. The summed E-state index contributed by atoms with van der Waals surface area (Å²) < 4.78 is 29.0. The van der Waals surface area contributed by atoms with Crippen LogP contribution in [0.5, 0.6) is 5.75 Å². The van der Waals surface area contributed by atoms with Gasteiger partial charge in [0.15, 0.2) is 0 Å². The molecule has 0 aromatic heterocycles. The van der Waals surface area contributed by atoms with Crippen molar-refractivity contribution in [3.63, 3.8) is 0 Å². The summed E-state index contributed by atoms with van der Waals surface area (Å²) in [7, 11) is -3.80. The highest BCUT2D eigenvalue weighted by molar-refractivity contribution is 7.89. The van der Waals surface area contributed by atoms with Crippen molar-refractivity contribution in [2.45, 2.75) is 23.8 Å². The monoisotopic (exact) mass is 481 g/mol. The van der Waals surface area contributed by atoms with Crippen LogP contribution in [0.25, 0.3) is 0 Å². The molecule has 1 aliphatic rings. The first-order valence-corrected chi connectivity index (χ1v) is 12.0. The van der Waals surface area contributed by atoms with Crippen molar-refractivity contribution in [1.82, 2.24) is 0 Å². The lowest BCUT2D eigenvalue weighted by atomic mass is 9.97. The molecular weight excluding hydrogens is 462 g/mol. The van der Waals surface area contributed by atoms with Gasteiger partial charge < -0.3 is 9.64 Å². The van der Waals surface area contributed by atoms with Crippen molar-refractivity contribution in [2.24, 2.45) is 5.14 Å². The van der Waals surface area contributed by atoms with E-state index >= 15 is 0 Å². The molecule has 1 saturated heterocycles. The summed E-state index contributed by atoms with van der Waals surface area (Å²) in [5.74, 6) is 0.369. The number of primary sulfonamides is 1. The van der Waals surface area contributed by atoms with Gasteiger partial charge in [-0.25, -0.2) is 13.6 Å². The highest BCUT2D eigenvalue weighted by Crippen LogP contribution is 2.38. The molecule has 168 valence electrons. The third-order valence-electron chi connectivity index (χ3n) is 5.47. The Balaban J connectivity index is 1.54. The molecule has 2 N–H and O–H groups in total. The molecular formula is C24H20ClN3O4S. The Bertz CT molecular complexity index is 1350. The molecule has 9 heteroatoms. The minimum atomic E-state index is -3.80. The van der Waals surface area contributed by atoms with Crippen molar-refractivity contribution >= 4 is 33.2 Å². The maximum absolute atomic E-state index is 12.8. The Morgan fingerprint density at radius 3 is 2.58 bits per heavy atom. The van der Waals surface area contributed by atoms with Gasteiger partial charge in [0.2, 0.25) is 15.9 Å². The van der Waals surface area contributed by atoms with Gasteiger partial charge in [-0.15, -0.1) is 0 Å². The van der Waals surface area contributed by atoms with Crippen LogP contribution in [0.1, 0.15) is 29.0 Å². The number of carbonyl (C=O) groups excluding carboxylic acids is 1. The van der Waals surface area contributed by atoms with Crippen LogP contribution >= 0.6 is 11.6 Å². The highest BCUT2D eigenvalue weighted by atomic mass is 35.5. The van der Waals surface area contributed by atoms with E-state index in [1.165, 1.54) is 12.1 Å². The van der Waals surface area contributed by atoms with Crippen molar-refractivity contribution in [3.8, 4) is 11.8 Å². The van der Waals surface area contributed by atoms with Gasteiger partial charge in [-0.1, -0.05) is 29.8 Å². The SMILES string of the molecule is N#Cc1cccc(COc2cc(Cl)ccc2[C@H]2CC(=O)N(c3ccc(S(N)(=O)=O)cc3)C2)c1. The molecule has 0 saturated carbocycles. The van der Waals surface area contributed by atoms with Crippen LogP contribution in [0.3, 0.4) is 0 Å². The number of halogens is 1. The predicted octanol–water partition coefficient (Wildman–Crippen LogP) is 3.96. The number of nitrogens with zero attached hydrogens (tertiary/aromatic N) is 2. The molecule has 0 spiro atoms. The van der Waals surface area contributed by atoms with E-state index in [4.69, 9.17) is 26.7 Å². The fraction of sp³-hybridized carbons (Fsp3) is 0.167. The maximum Gasteiger partial charge on any atom is 0.238 e. The standard InChI is InChI=1S/C24H20ClN3O4S/c25-19-4-9-22(23(12-19)32-15-17-3-1-2-16(10-17)13-26)18-11-24(29)28(14-18)20-5-7-21(8-6-20)33(27,30)31/h1-10,12,18H,11,14-15H2,(H2,27,30,31)/t18-/m0/s1. The molecule has 1 aliphatic heterocycles. The van der Waals surface area contributed by atoms with E-state index < -0.39 is 10.0 Å². The van der Waals surface area contributed by atoms with Crippen molar-refractivity contribution in [2.75, 3.05) is 11.4 Å². The van der Waals surface area contributed by atoms with Crippen molar-refractivity contribution in [1.29, 1.82) is 5.26 Å².